The number of ether oxygens (including phenoxy) is 1. The summed E-state index contributed by atoms with van der Waals surface area (Å²) in [6.45, 7) is 2.25. The Kier molecular flexibility index (Phi) is 4.51. The van der Waals surface area contributed by atoms with Gasteiger partial charge in [-0.2, -0.15) is 0 Å². The van der Waals surface area contributed by atoms with E-state index in [0.717, 1.165) is 17.9 Å². The molecular formula is C9H17N3O3. The summed E-state index contributed by atoms with van der Waals surface area (Å²) in [6.07, 6.45) is 0.307. The molecule has 1 aliphatic heterocycles. The van der Waals surface area contributed by atoms with Gasteiger partial charge in [-0.15, -0.1) is 0 Å². The van der Waals surface area contributed by atoms with Crippen molar-refractivity contribution in [3.8, 4) is 0 Å². The van der Waals surface area contributed by atoms with Gasteiger partial charge < -0.3 is 10.5 Å². The van der Waals surface area contributed by atoms with Crippen molar-refractivity contribution in [1.29, 1.82) is 0 Å². The molecule has 86 valence electrons. The van der Waals surface area contributed by atoms with Crippen molar-refractivity contribution in [1.82, 2.24) is 9.80 Å². The topological polar surface area (TPSA) is 75.9 Å². The molecule has 2 N–H and O–H groups in total. The van der Waals surface area contributed by atoms with Gasteiger partial charge in [-0.1, -0.05) is 0 Å². The van der Waals surface area contributed by atoms with Crippen LogP contribution in [0.15, 0.2) is 0 Å². The van der Waals surface area contributed by atoms with Gasteiger partial charge in [-0.05, 0) is 26.6 Å². The fourth-order valence-electron chi connectivity index (χ4n) is 1.38. The number of carbonyl (C=O) groups is 2. The summed E-state index contributed by atoms with van der Waals surface area (Å²) < 4.78 is 4.68. The van der Waals surface area contributed by atoms with Crippen molar-refractivity contribution in [2.24, 2.45) is 5.73 Å². The van der Waals surface area contributed by atoms with Gasteiger partial charge in [-0.25, -0.2) is 9.69 Å². The summed E-state index contributed by atoms with van der Waals surface area (Å²) in [5, 5.41) is 0. The van der Waals surface area contributed by atoms with Crippen molar-refractivity contribution in [3.63, 3.8) is 0 Å². The van der Waals surface area contributed by atoms with Crippen molar-refractivity contribution in [2.45, 2.75) is 6.42 Å². The predicted octanol–water partition coefficient (Wildman–Crippen LogP) is -0.754. The standard InChI is InChI=1S/C9H17N3O3/c1-11(4-2-3-10)7-8(13)12-5-6-15-9(12)14/h2-7,10H2,1H3. The smallest absolute Gasteiger partial charge is 0.416 e. The minimum atomic E-state index is -0.535. The molecule has 1 aliphatic rings. The van der Waals surface area contributed by atoms with Crippen LogP contribution in [0.25, 0.3) is 0 Å². The predicted molar refractivity (Wildman–Crippen MR) is 54.2 cm³/mol. The lowest BCUT2D eigenvalue weighted by atomic mass is 10.4. The number of hydrogen-bond donors (Lipinski definition) is 1. The van der Waals surface area contributed by atoms with Crippen LogP contribution < -0.4 is 5.73 Å². The molecule has 0 spiro atoms. The summed E-state index contributed by atoms with van der Waals surface area (Å²) in [7, 11) is 1.83. The number of carbonyl (C=O) groups excluding carboxylic acids is 2. The van der Waals surface area contributed by atoms with E-state index in [2.05, 4.69) is 4.74 Å². The van der Waals surface area contributed by atoms with Gasteiger partial charge in [0.2, 0.25) is 5.91 Å². The Morgan fingerprint density at radius 2 is 2.40 bits per heavy atom. The molecular weight excluding hydrogens is 198 g/mol. The molecule has 0 radical (unpaired) electrons. The third kappa shape index (κ3) is 3.49. The first kappa shape index (κ1) is 11.9. The molecule has 6 nitrogen and oxygen atoms in total. The van der Waals surface area contributed by atoms with Crippen molar-refractivity contribution >= 4 is 12.0 Å². The first-order valence-electron chi connectivity index (χ1n) is 5.01. The largest absolute Gasteiger partial charge is 0.447 e. The van der Waals surface area contributed by atoms with Gasteiger partial charge in [0.05, 0.1) is 13.1 Å². The number of nitrogens with two attached hydrogens (primary N) is 1. The van der Waals surface area contributed by atoms with Crippen LogP contribution in [-0.2, 0) is 9.53 Å². The number of rotatable bonds is 5. The van der Waals surface area contributed by atoms with Crippen LogP contribution in [0.4, 0.5) is 4.79 Å². The van der Waals surface area contributed by atoms with Crippen LogP contribution >= 0.6 is 0 Å². The van der Waals surface area contributed by atoms with Gasteiger partial charge in [0.1, 0.15) is 6.61 Å². The highest BCUT2D eigenvalue weighted by Crippen LogP contribution is 2.04. The minimum absolute atomic E-state index is 0.211. The SMILES string of the molecule is CN(CCCN)CC(=O)N1CCOC1=O. The zero-order valence-electron chi connectivity index (χ0n) is 8.94. The molecule has 1 fully saturated rings. The number of amides is 2. The van der Waals surface area contributed by atoms with Crippen molar-refractivity contribution in [2.75, 3.05) is 39.8 Å². The van der Waals surface area contributed by atoms with Crippen molar-refractivity contribution in [3.05, 3.63) is 0 Å². The summed E-state index contributed by atoms with van der Waals surface area (Å²) in [5.74, 6) is -0.211. The molecule has 0 aromatic carbocycles. The molecule has 1 rings (SSSR count). The van der Waals surface area contributed by atoms with Crippen molar-refractivity contribution < 1.29 is 14.3 Å². The highest BCUT2D eigenvalue weighted by molar-refractivity contribution is 5.93. The number of cyclic esters (lactones) is 1. The second kappa shape index (κ2) is 5.67. The summed E-state index contributed by atoms with van der Waals surface area (Å²) in [5.41, 5.74) is 5.36. The quantitative estimate of drug-likeness (QED) is 0.652. The average molecular weight is 215 g/mol. The molecule has 0 atom stereocenters. The minimum Gasteiger partial charge on any atom is -0.447 e. The maximum Gasteiger partial charge on any atom is 0.416 e. The Bertz CT molecular complexity index is 245. The van der Waals surface area contributed by atoms with Crippen LogP contribution in [-0.4, -0.2) is 61.6 Å². The highest BCUT2D eigenvalue weighted by Gasteiger charge is 2.28. The molecule has 0 aliphatic carbocycles. The Morgan fingerprint density at radius 3 is 2.93 bits per heavy atom. The zero-order valence-corrected chi connectivity index (χ0v) is 8.94. The van der Waals surface area contributed by atoms with Gasteiger partial charge in [0.25, 0.3) is 0 Å². The van der Waals surface area contributed by atoms with Crippen LogP contribution in [0.2, 0.25) is 0 Å². The second-order valence-corrected chi connectivity index (χ2v) is 3.54. The second-order valence-electron chi connectivity index (χ2n) is 3.54. The van der Waals surface area contributed by atoms with E-state index in [9.17, 15) is 9.59 Å². The molecule has 1 heterocycles. The third-order valence-electron chi connectivity index (χ3n) is 2.21. The molecule has 6 heteroatoms. The van der Waals surface area contributed by atoms with Crippen LogP contribution in [0, 0.1) is 0 Å². The van der Waals surface area contributed by atoms with Gasteiger partial charge in [-0.3, -0.25) is 9.69 Å². The van der Waals surface area contributed by atoms with E-state index in [4.69, 9.17) is 5.73 Å². The van der Waals surface area contributed by atoms with E-state index in [-0.39, 0.29) is 12.5 Å². The Balaban J connectivity index is 2.31. The lowest BCUT2D eigenvalue weighted by Gasteiger charge is -2.18. The van der Waals surface area contributed by atoms with E-state index in [1.54, 1.807) is 0 Å². The van der Waals surface area contributed by atoms with E-state index < -0.39 is 6.09 Å². The highest BCUT2D eigenvalue weighted by atomic mass is 16.6. The molecule has 0 aromatic rings. The molecule has 15 heavy (non-hydrogen) atoms. The van der Waals surface area contributed by atoms with Gasteiger partial charge in [0.15, 0.2) is 0 Å². The normalized spacial score (nSPS) is 15.9. The molecule has 0 bridgehead atoms. The monoisotopic (exact) mass is 215 g/mol. The molecule has 1 saturated heterocycles. The summed E-state index contributed by atoms with van der Waals surface area (Å²) >= 11 is 0. The average Bonchev–Trinajstić information content (AvgIpc) is 2.61. The van der Waals surface area contributed by atoms with Gasteiger partial charge in [0, 0.05) is 0 Å². The fourth-order valence-corrected chi connectivity index (χ4v) is 1.38. The number of nitrogens with zero attached hydrogens (tertiary/aromatic N) is 2. The van der Waals surface area contributed by atoms with E-state index in [1.165, 1.54) is 0 Å². The first-order chi connectivity index (χ1) is 7.15. The molecule has 0 aromatic heterocycles. The van der Waals surface area contributed by atoms with Crippen LogP contribution in [0.5, 0.6) is 0 Å². The zero-order chi connectivity index (χ0) is 11.3. The van der Waals surface area contributed by atoms with Crippen LogP contribution in [0.3, 0.4) is 0 Å². The van der Waals surface area contributed by atoms with Crippen LogP contribution in [0.1, 0.15) is 6.42 Å². The van der Waals surface area contributed by atoms with Gasteiger partial charge >= 0.3 is 6.09 Å². The third-order valence-corrected chi connectivity index (χ3v) is 2.21. The lowest BCUT2D eigenvalue weighted by molar-refractivity contribution is -0.128. The van der Waals surface area contributed by atoms with E-state index in [1.807, 2.05) is 11.9 Å². The summed E-state index contributed by atoms with van der Waals surface area (Å²) in [6, 6.07) is 0. The number of imide groups is 1. The maximum atomic E-state index is 11.6. The Hall–Kier alpha value is -1.14. The fraction of sp³-hybridized carbons (Fsp3) is 0.778. The maximum absolute atomic E-state index is 11.6. The molecule has 0 unspecified atom stereocenters. The summed E-state index contributed by atoms with van der Waals surface area (Å²) in [4.78, 5) is 25.6. The number of likely N-dealkylation sites (N-methyl/N-ethyl adjacent to an activating group) is 1. The van der Waals surface area contributed by atoms with E-state index >= 15 is 0 Å². The Labute approximate surface area is 88.9 Å². The Morgan fingerprint density at radius 1 is 1.67 bits per heavy atom. The van der Waals surface area contributed by atoms with E-state index in [0.29, 0.717) is 19.7 Å². The first-order valence-corrected chi connectivity index (χ1v) is 5.01. The molecule has 0 saturated carbocycles. The number of hydrogen-bond acceptors (Lipinski definition) is 5. The molecule has 2 amide bonds. The lowest BCUT2D eigenvalue weighted by Crippen LogP contribution is -2.39.